The van der Waals surface area contributed by atoms with Gasteiger partial charge in [-0.1, -0.05) is 12.5 Å². The lowest BCUT2D eigenvalue weighted by Crippen LogP contribution is -2.34. The molecule has 0 aliphatic heterocycles. The fourth-order valence-electron chi connectivity index (χ4n) is 2.52. The highest BCUT2D eigenvalue weighted by Crippen LogP contribution is 2.29. The second-order valence-electron chi connectivity index (χ2n) is 4.95. The zero-order valence-corrected chi connectivity index (χ0v) is 10.1. The number of aromatic hydroxyl groups is 1. The van der Waals surface area contributed by atoms with Crippen molar-refractivity contribution < 1.29 is 5.11 Å². The van der Waals surface area contributed by atoms with Crippen LogP contribution in [0.1, 0.15) is 24.8 Å². The maximum Gasteiger partial charge on any atom is 0.125 e. The molecule has 3 heteroatoms. The van der Waals surface area contributed by atoms with E-state index in [9.17, 15) is 5.11 Å². The summed E-state index contributed by atoms with van der Waals surface area (Å²) >= 11 is 0. The van der Waals surface area contributed by atoms with Crippen molar-refractivity contribution in [2.45, 2.75) is 31.8 Å². The van der Waals surface area contributed by atoms with E-state index in [-0.39, 0.29) is 0 Å². The van der Waals surface area contributed by atoms with E-state index in [0.29, 0.717) is 11.8 Å². The molecule has 3 rings (SSSR count). The van der Waals surface area contributed by atoms with Gasteiger partial charge in [0, 0.05) is 31.2 Å². The third-order valence-corrected chi connectivity index (χ3v) is 3.76. The Labute approximate surface area is 101 Å². The summed E-state index contributed by atoms with van der Waals surface area (Å²) in [5, 5.41) is 14.5. The molecular formula is C14H18N2O. The molecular weight excluding hydrogens is 212 g/mol. The van der Waals surface area contributed by atoms with Gasteiger partial charge in [0.05, 0.1) is 5.52 Å². The minimum Gasteiger partial charge on any atom is -0.507 e. The number of hydrogen-bond donors (Lipinski definition) is 2. The number of nitrogens with one attached hydrogen (secondary N) is 1. The van der Waals surface area contributed by atoms with E-state index in [2.05, 4.69) is 16.1 Å². The molecule has 1 aromatic carbocycles. The summed E-state index contributed by atoms with van der Waals surface area (Å²) in [5.41, 5.74) is 2.28. The van der Waals surface area contributed by atoms with Crippen molar-refractivity contribution in [2.75, 3.05) is 0 Å². The summed E-state index contributed by atoms with van der Waals surface area (Å²) in [6.07, 6.45) is 6.03. The Morgan fingerprint density at radius 1 is 1.41 bits per heavy atom. The highest BCUT2D eigenvalue weighted by atomic mass is 16.3. The van der Waals surface area contributed by atoms with Crippen molar-refractivity contribution in [1.82, 2.24) is 9.88 Å². The molecule has 1 saturated carbocycles. The molecule has 90 valence electrons. The monoisotopic (exact) mass is 230 g/mol. The molecule has 1 fully saturated rings. The van der Waals surface area contributed by atoms with Gasteiger partial charge in [0.1, 0.15) is 5.75 Å². The van der Waals surface area contributed by atoms with Crippen LogP contribution >= 0.6 is 0 Å². The van der Waals surface area contributed by atoms with Crippen LogP contribution in [-0.4, -0.2) is 15.7 Å². The van der Waals surface area contributed by atoms with Crippen LogP contribution < -0.4 is 5.32 Å². The summed E-state index contributed by atoms with van der Waals surface area (Å²) in [4.78, 5) is 0. The first kappa shape index (κ1) is 10.7. The van der Waals surface area contributed by atoms with Crippen LogP contribution in [0.4, 0.5) is 0 Å². The Kier molecular flexibility index (Phi) is 2.56. The molecule has 0 radical (unpaired) electrons. The van der Waals surface area contributed by atoms with Crippen LogP contribution in [-0.2, 0) is 13.6 Å². The topological polar surface area (TPSA) is 37.2 Å². The SMILES string of the molecule is Cn1cc(CNC2CCC2)c2c(O)cccc21. The molecule has 0 amide bonds. The number of hydrogen-bond acceptors (Lipinski definition) is 2. The van der Waals surface area contributed by atoms with E-state index in [1.165, 1.54) is 24.8 Å². The summed E-state index contributed by atoms with van der Waals surface area (Å²) < 4.78 is 2.08. The molecule has 0 unspecified atom stereocenters. The molecule has 0 spiro atoms. The standard InChI is InChI=1S/C14H18N2O/c1-16-9-10(8-15-11-4-2-5-11)14-12(16)6-3-7-13(14)17/h3,6-7,9,11,15,17H,2,4-5,8H2,1H3. The van der Waals surface area contributed by atoms with Gasteiger partial charge in [0.2, 0.25) is 0 Å². The van der Waals surface area contributed by atoms with E-state index < -0.39 is 0 Å². The van der Waals surface area contributed by atoms with E-state index >= 15 is 0 Å². The van der Waals surface area contributed by atoms with Gasteiger partial charge in [-0.3, -0.25) is 0 Å². The lowest BCUT2D eigenvalue weighted by Gasteiger charge is -2.26. The number of benzene rings is 1. The molecule has 1 heterocycles. The van der Waals surface area contributed by atoms with Crippen molar-refractivity contribution in [3.05, 3.63) is 30.0 Å². The fraction of sp³-hybridized carbons (Fsp3) is 0.429. The largest absolute Gasteiger partial charge is 0.507 e. The van der Waals surface area contributed by atoms with Crippen molar-refractivity contribution in [2.24, 2.45) is 7.05 Å². The van der Waals surface area contributed by atoms with Gasteiger partial charge in [0.25, 0.3) is 0 Å². The molecule has 3 nitrogen and oxygen atoms in total. The second kappa shape index (κ2) is 4.08. The first-order valence-corrected chi connectivity index (χ1v) is 6.25. The lowest BCUT2D eigenvalue weighted by atomic mass is 9.93. The van der Waals surface area contributed by atoms with Gasteiger partial charge in [-0.15, -0.1) is 0 Å². The highest BCUT2D eigenvalue weighted by Gasteiger charge is 2.17. The fourth-order valence-corrected chi connectivity index (χ4v) is 2.52. The third-order valence-electron chi connectivity index (χ3n) is 3.76. The van der Waals surface area contributed by atoms with E-state index in [4.69, 9.17) is 0 Å². The lowest BCUT2D eigenvalue weighted by molar-refractivity contribution is 0.338. The van der Waals surface area contributed by atoms with Crippen LogP contribution in [0.3, 0.4) is 0 Å². The van der Waals surface area contributed by atoms with E-state index in [1.54, 1.807) is 6.07 Å². The van der Waals surface area contributed by atoms with Crippen LogP contribution in [0.15, 0.2) is 24.4 Å². The maximum atomic E-state index is 9.96. The third kappa shape index (κ3) is 1.80. The predicted octanol–water partition coefficient (Wildman–Crippen LogP) is 2.53. The predicted molar refractivity (Wildman–Crippen MR) is 69.1 cm³/mol. The Morgan fingerprint density at radius 3 is 2.94 bits per heavy atom. The number of rotatable bonds is 3. The number of fused-ring (bicyclic) bond motifs is 1. The van der Waals surface area contributed by atoms with Crippen LogP contribution in [0.2, 0.25) is 0 Å². The number of aromatic nitrogens is 1. The summed E-state index contributed by atoms with van der Waals surface area (Å²) in [6.45, 7) is 0.847. The minimum atomic E-state index is 0.383. The van der Waals surface area contributed by atoms with Crippen molar-refractivity contribution >= 4 is 10.9 Å². The van der Waals surface area contributed by atoms with E-state index in [0.717, 1.165) is 17.4 Å². The molecule has 0 atom stereocenters. The average molecular weight is 230 g/mol. The number of phenolic OH excluding ortho intramolecular Hbond substituents is 1. The minimum absolute atomic E-state index is 0.383. The molecule has 1 aliphatic carbocycles. The zero-order chi connectivity index (χ0) is 11.8. The maximum absolute atomic E-state index is 9.96. The summed E-state index contributed by atoms with van der Waals surface area (Å²) in [6, 6.07) is 6.37. The molecule has 2 aromatic rings. The first-order chi connectivity index (χ1) is 8.25. The molecule has 0 saturated heterocycles. The second-order valence-corrected chi connectivity index (χ2v) is 4.95. The Hall–Kier alpha value is -1.48. The van der Waals surface area contributed by atoms with Gasteiger partial charge in [-0.2, -0.15) is 0 Å². The van der Waals surface area contributed by atoms with Crippen molar-refractivity contribution in [3.8, 4) is 5.75 Å². The first-order valence-electron chi connectivity index (χ1n) is 6.25. The van der Waals surface area contributed by atoms with E-state index in [1.807, 2.05) is 19.2 Å². The van der Waals surface area contributed by atoms with Gasteiger partial charge in [-0.05, 0) is 30.5 Å². The smallest absolute Gasteiger partial charge is 0.125 e. The van der Waals surface area contributed by atoms with Crippen LogP contribution in [0.25, 0.3) is 10.9 Å². The van der Waals surface area contributed by atoms with Crippen molar-refractivity contribution in [1.29, 1.82) is 0 Å². The molecule has 17 heavy (non-hydrogen) atoms. The Balaban J connectivity index is 1.92. The zero-order valence-electron chi connectivity index (χ0n) is 10.1. The average Bonchev–Trinajstić information content (AvgIpc) is 2.55. The highest BCUT2D eigenvalue weighted by molar-refractivity contribution is 5.89. The number of nitrogens with zero attached hydrogens (tertiary/aromatic N) is 1. The van der Waals surface area contributed by atoms with Gasteiger partial charge in [-0.25, -0.2) is 0 Å². The molecule has 1 aromatic heterocycles. The van der Waals surface area contributed by atoms with Gasteiger partial charge in [0.15, 0.2) is 0 Å². The number of aryl methyl sites for hydroxylation is 1. The van der Waals surface area contributed by atoms with Crippen LogP contribution in [0.5, 0.6) is 5.75 Å². The van der Waals surface area contributed by atoms with Crippen LogP contribution in [0, 0.1) is 0 Å². The van der Waals surface area contributed by atoms with Crippen molar-refractivity contribution in [3.63, 3.8) is 0 Å². The summed E-state index contributed by atoms with van der Waals surface area (Å²) in [5.74, 6) is 0.383. The van der Waals surface area contributed by atoms with Gasteiger partial charge >= 0.3 is 0 Å². The quantitative estimate of drug-likeness (QED) is 0.850. The normalized spacial score (nSPS) is 16.3. The molecule has 2 N–H and O–H groups in total. The molecule has 1 aliphatic rings. The Bertz CT molecular complexity index is 540. The molecule has 0 bridgehead atoms. The summed E-state index contributed by atoms with van der Waals surface area (Å²) in [7, 11) is 2.02. The Morgan fingerprint density at radius 2 is 2.24 bits per heavy atom. The van der Waals surface area contributed by atoms with Gasteiger partial charge < -0.3 is 15.0 Å². The number of phenols is 1.